The van der Waals surface area contributed by atoms with Crippen molar-refractivity contribution in [3.05, 3.63) is 23.2 Å². The summed E-state index contributed by atoms with van der Waals surface area (Å²) in [5.41, 5.74) is 7.49. The third kappa shape index (κ3) is 1.86. The number of hydrogen-bond donors (Lipinski definition) is 1. The van der Waals surface area contributed by atoms with Crippen LogP contribution in [0.2, 0.25) is 0 Å². The fourth-order valence-corrected chi connectivity index (χ4v) is 4.43. The van der Waals surface area contributed by atoms with E-state index in [0.717, 1.165) is 23.0 Å². The van der Waals surface area contributed by atoms with Crippen molar-refractivity contribution in [1.29, 1.82) is 0 Å². The SMILES string of the molecule is Cc1oc(COC2CC3CCC2(C)C3(C)C)cc1CN. The van der Waals surface area contributed by atoms with Crippen LogP contribution in [0, 0.1) is 23.7 Å². The molecule has 3 nitrogen and oxygen atoms in total. The van der Waals surface area contributed by atoms with Gasteiger partial charge in [-0.1, -0.05) is 20.8 Å². The molecule has 1 aromatic rings. The van der Waals surface area contributed by atoms with E-state index in [1.165, 1.54) is 19.3 Å². The van der Waals surface area contributed by atoms with E-state index in [-0.39, 0.29) is 0 Å². The second-order valence-corrected chi connectivity index (χ2v) is 7.41. The minimum atomic E-state index is 0.315. The van der Waals surface area contributed by atoms with Gasteiger partial charge < -0.3 is 14.9 Å². The molecule has 3 atom stereocenters. The van der Waals surface area contributed by atoms with Gasteiger partial charge in [0.25, 0.3) is 0 Å². The maximum Gasteiger partial charge on any atom is 0.130 e. The molecular weight excluding hydrogens is 250 g/mol. The minimum Gasteiger partial charge on any atom is -0.464 e. The molecule has 1 heterocycles. The predicted molar refractivity (Wildman–Crippen MR) is 79.1 cm³/mol. The quantitative estimate of drug-likeness (QED) is 0.911. The Labute approximate surface area is 121 Å². The molecule has 3 rings (SSSR count). The van der Waals surface area contributed by atoms with E-state index in [1.807, 2.05) is 13.0 Å². The molecule has 2 saturated carbocycles. The summed E-state index contributed by atoms with van der Waals surface area (Å²) < 4.78 is 12.0. The molecule has 2 bridgehead atoms. The maximum absolute atomic E-state index is 6.24. The molecule has 112 valence electrons. The van der Waals surface area contributed by atoms with Gasteiger partial charge in [0, 0.05) is 12.1 Å². The van der Waals surface area contributed by atoms with Gasteiger partial charge in [-0.05, 0) is 49.0 Å². The number of aryl methyl sites for hydroxylation is 1. The zero-order chi connectivity index (χ0) is 14.5. The largest absolute Gasteiger partial charge is 0.464 e. The van der Waals surface area contributed by atoms with E-state index in [4.69, 9.17) is 14.9 Å². The second-order valence-electron chi connectivity index (χ2n) is 7.41. The third-order valence-corrected chi connectivity index (χ3v) is 6.43. The fraction of sp³-hybridized carbons (Fsp3) is 0.765. The number of nitrogens with two attached hydrogens (primary N) is 1. The van der Waals surface area contributed by atoms with Gasteiger partial charge in [-0.15, -0.1) is 0 Å². The van der Waals surface area contributed by atoms with Gasteiger partial charge in [-0.2, -0.15) is 0 Å². The van der Waals surface area contributed by atoms with Crippen molar-refractivity contribution in [2.75, 3.05) is 0 Å². The Kier molecular flexibility index (Phi) is 3.26. The molecule has 2 fully saturated rings. The highest BCUT2D eigenvalue weighted by Gasteiger charge is 2.61. The van der Waals surface area contributed by atoms with Crippen LogP contribution in [0.3, 0.4) is 0 Å². The van der Waals surface area contributed by atoms with Crippen LogP contribution in [0.1, 0.15) is 57.1 Å². The predicted octanol–water partition coefficient (Wildman–Crippen LogP) is 3.78. The van der Waals surface area contributed by atoms with Crippen LogP contribution >= 0.6 is 0 Å². The Morgan fingerprint density at radius 2 is 2.15 bits per heavy atom. The lowest BCUT2D eigenvalue weighted by Gasteiger charge is -2.38. The standard InChI is InChI=1S/C17H27NO2/c1-11-12(9-18)7-14(20-11)10-19-15-8-13-5-6-17(15,4)16(13,2)3/h7,13,15H,5-6,8-10,18H2,1-4H3. The Balaban J connectivity index is 1.68. The van der Waals surface area contributed by atoms with Crippen LogP contribution < -0.4 is 5.73 Å². The Bertz CT molecular complexity index is 505. The molecule has 20 heavy (non-hydrogen) atoms. The average Bonchev–Trinajstić information content (AvgIpc) is 2.93. The Morgan fingerprint density at radius 1 is 1.40 bits per heavy atom. The second kappa shape index (κ2) is 4.60. The van der Waals surface area contributed by atoms with Gasteiger partial charge in [-0.3, -0.25) is 0 Å². The number of hydrogen-bond acceptors (Lipinski definition) is 3. The highest BCUT2D eigenvalue weighted by atomic mass is 16.5. The lowest BCUT2D eigenvalue weighted by Crippen LogP contribution is -2.37. The number of fused-ring (bicyclic) bond motifs is 2. The summed E-state index contributed by atoms with van der Waals surface area (Å²) in [6, 6.07) is 2.04. The Morgan fingerprint density at radius 3 is 2.65 bits per heavy atom. The first-order chi connectivity index (χ1) is 9.38. The van der Waals surface area contributed by atoms with Crippen LogP contribution in [0.5, 0.6) is 0 Å². The molecule has 0 amide bonds. The van der Waals surface area contributed by atoms with Gasteiger partial charge in [0.1, 0.15) is 18.1 Å². The first-order valence-electron chi connectivity index (χ1n) is 7.78. The van der Waals surface area contributed by atoms with E-state index in [2.05, 4.69) is 20.8 Å². The summed E-state index contributed by atoms with van der Waals surface area (Å²) in [4.78, 5) is 0. The highest BCUT2D eigenvalue weighted by molar-refractivity contribution is 5.20. The minimum absolute atomic E-state index is 0.315. The van der Waals surface area contributed by atoms with E-state index in [9.17, 15) is 0 Å². The number of ether oxygens (including phenoxy) is 1. The van der Waals surface area contributed by atoms with Crippen molar-refractivity contribution >= 4 is 0 Å². The van der Waals surface area contributed by atoms with Gasteiger partial charge in [0.2, 0.25) is 0 Å². The molecule has 2 aliphatic rings. The van der Waals surface area contributed by atoms with Gasteiger partial charge >= 0.3 is 0 Å². The molecule has 2 aliphatic carbocycles. The molecule has 3 heteroatoms. The zero-order valence-corrected chi connectivity index (χ0v) is 13.2. The normalized spacial score (nSPS) is 34.9. The topological polar surface area (TPSA) is 48.4 Å². The summed E-state index contributed by atoms with van der Waals surface area (Å²) in [6.45, 7) is 10.3. The summed E-state index contributed by atoms with van der Waals surface area (Å²) in [7, 11) is 0. The van der Waals surface area contributed by atoms with E-state index in [0.29, 0.717) is 30.1 Å². The molecule has 0 radical (unpaired) electrons. The van der Waals surface area contributed by atoms with Crippen LogP contribution in [-0.2, 0) is 17.9 Å². The molecule has 0 aromatic carbocycles. The van der Waals surface area contributed by atoms with Crippen LogP contribution in [0.4, 0.5) is 0 Å². The molecule has 0 aliphatic heterocycles. The first kappa shape index (κ1) is 14.2. The Hall–Kier alpha value is -0.800. The fourth-order valence-electron chi connectivity index (χ4n) is 4.43. The van der Waals surface area contributed by atoms with Gasteiger partial charge in [0.05, 0.1) is 6.10 Å². The lowest BCUT2D eigenvalue weighted by atomic mass is 9.70. The third-order valence-electron chi connectivity index (χ3n) is 6.43. The highest BCUT2D eigenvalue weighted by Crippen LogP contribution is 2.66. The van der Waals surface area contributed by atoms with E-state index < -0.39 is 0 Å². The maximum atomic E-state index is 6.24. The summed E-state index contributed by atoms with van der Waals surface area (Å²) in [5.74, 6) is 2.65. The van der Waals surface area contributed by atoms with Gasteiger partial charge in [-0.25, -0.2) is 0 Å². The van der Waals surface area contributed by atoms with Crippen LogP contribution in [-0.4, -0.2) is 6.10 Å². The molecular formula is C17H27NO2. The lowest BCUT2D eigenvalue weighted by molar-refractivity contribution is -0.0598. The summed E-state index contributed by atoms with van der Waals surface area (Å²) in [5, 5.41) is 0. The van der Waals surface area contributed by atoms with E-state index in [1.54, 1.807) is 0 Å². The van der Waals surface area contributed by atoms with Crippen molar-refractivity contribution in [1.82, 2.24) is 0 Å². The van der Waals surface area contributed by atoms with Crippen molar-refractivity contribution in [2.24, 2.45) is 22.5 Å². The van der Waals surface area contributed by atoms with E-state index >= 15 is 0 Å². The molecule has 3 unspecified atom stereocenters. The summed E-state index contributed by atoms with van der Waals surface area (Å²) in [6.07, 6.45) is 4.22. The summed E-state index contributed by atoms with van der Waals surface area (Å²) >= 11 is 0. The average molecular weight is 277 g/mol. The first-order valence-corrected chi connectivity index (χ1v) is 7.78. The van der Waals surface area contributed by atoms with Gasteiger partial charge in [0.15, 0.2) is 0 Å². The van der Waals surface area contributed by atoms with Crippen molar-refractivity contribution < 1.29 is 9.15 Å². The molecule has 0 spiro atoms. The molecule has 2 N–H and O–H groups in total. The smallest absolute Gasteiger partial charge is 0.130 e. The number of rotatable bonds is 4. The zero-order valence-electron chi connectivity index (χ0n) is 13.2. The van der Waals surface area contributed by atoms with Crippen LogP contribution in [0.25, 0.3) is 0 Å². The number of furan rings is 1. The van der Waals surface area contributed by atoms with Crippen molar-refractivity contribution in [3.63, 3.8) is 0 Å². The van der Waals surface area contributed by atoms with Crippen molar-refractivity contribution in [2.45, 2.75) is 66.2 Å². The van der Waals surface area contributed by atoms with Crippen LogP contribution in [0.15, 0.2) is 10.5 Å². The van der Waals surface area contributed by atoms with Crippen molar-refractivity contribution in [3.8, 4) is 0 Å². The monoisotopic (exact) mass is 277 g/mol. The molecule has 1 aromatic heterocycles. The molecule has 0 saturated heterocycles.